The van der Waals surface area contributed by atoms with Gasteiger partial charge in [0.1, 0.15) is 10.1 Å². The molecule has 1 N–H and O–H groups in total. The molecule has 0 amide bonds. The number of hydrogen-bond acceptors (Lipinski definition) is 3. The van der Waals surface area contributed by atoms with Gasteiger partial charge in [-0.15, -0.1) is 11.3 Å². The molecule has 1 aromatic carbocycles. The molecule has 0 aliphatic heterocycles. The number of hydrogen-bond donors (Lipinski definition) is 1. The Bertz CT molecular complexity index is 551. The molecule has 21 heavy (non-hydrogen) atoms. The van der Waals surface area contributed by atoms with Crippen LogP contribution in [0.25, 0.3) is 0 Å². The molecule has 2 rings (SSSR count). The van der Waals surface area contributed by atoms with Crippen LogP contribution in [0.15, 0.2) is 34.8 Å². The minimum Gasteiger partial charge on any atom is -0.494 e. The molecule has 1 unspecified atom stereocenters. The van der Waals surface area contributed by atoms with Crippen LogP contribution >= 0.6 is 38.9 Å². The Hall–Kier alpha value is -0.550. The first-order valence-corrected chi connectivity index (χ1v) is 9.05. The predicted octanol–water partition coefficient (Wildman–Crippen LogP) is 5.65. The fraction of sp³-hybridized carbons (Fsp3) is 0.375. The maximum absolute atomic E-state index is 6.19. The van der Waals surface area contributed by atoms with Crippen LogP contribution in [0.1, 0.15) is 36.8 Å². The average molecular weight is 389 g/mol. The minimum absolute atomic E-state index is 0.162. The summed E-state index contributed by atoms with van der Waals surface area (Å²) in [6.45, 7) is 5.81. The average Bonchev–Trinajstić information content (AvgIpc) is 2.81. The van der Waals surface area contributed by atoms with Crippen molar-refractivity contribution in [3.05, 3.63) is 49.6 Å². The Morgan fingerprint density at radius 3 is 2.52 bits per heavy atom. The van der Waals surface area contributed by atoms with Crippen LogP contribution < -0.4 is 10.1 Å². The van der Waals surface area contributed by atoms with E-state index < -0.39 is 0 Å². The molecule has 114 valence electrons. The van der Waals surface area contributed by atoms with E-state index in [9.17, 15) is 0 Å². The second kappa shape index (κ2) is 8.18. The quantitative estimate of drug-likeness (QED) is 0.661. The normalized spacial score (nSPS) is 12.4. The van der Waals surface area contributed by atoms with Crippen molar-refractivity contribution in [3.8, 4) is 5.75 Å². The van der Waals surface area contributed by atoms with Gasteiger partial charge in [0, 0.05) is 9.35 Å². The molecule has 1 heterocycles. The summed E-state index contributed by atoms with van der Waals surface area (Å²) in [7, 11) is 0. The van der Waals surface area contributed by atoms with Gasteiger partial charge in [0.2, 0.25) is 0 Å². The number of ether oxygens (including phenoxy) is 1. The van der Waals surface area contributed by atoms with E-state index in [2.05, 4.69) is 46.4 Å². The van der Waals surface area contributed by atoms with Gasteiger partial charge in [-0.3, -0.25) is 0 Å². The van der Waals surface area contributed by atoms with Gasteiger partial charge in [-0.25, -0.2) is 0 Å². The lowest BCUT2D eigenvalue weighted by Gasteiger charge is -2.18. The minimum atomic E-state index is 0.162. The SMILES string of the molecule is CCCNC(c1ccc(OCC)cc1)c1cc(Br)c(Cl)s1. The van der Waals surface area contributed by atoms with Crippen LogP contribution in [0, 0.1) is 0 Å². The topological polar surface area (TPSA) is 21.3 Å². The van der Waals surface area contributed by atoms with Crippen molar-refractivity contribution in [2.75, 3.05) is 13.2 Å². The van der Waals surface area contributed by atoms with Gasteiger partial charge in [-0.1, -0.05) is 30.7 Å². The second-order valence-electron chi connectivity index (χ2n) is 4.66. The number of rotatable bonds is 7. The third-order valence-corrected chi connectivity index (χ3v) is 5.61. The van der Waals surface area contributed by atoms with Gasteiger partial charge in [0.05, 0.1) is 12.6 Å². The number of halogens is 2. The first-order valence-electron chi connectivity index (χ1n) is 7.06. The highest BCUT2D eigenvalue weighted by atomic mass is 79.9. The summed E-state index contributed by atoms with van der Waals surface area (Å²) in [5.74, 6) is 0.904. The lowest BCUT2D eigenvalue weighted by atomic mass is 10.1. The fourth-order valence-electron chi connectivity index (χ4n) is 2.10. The highest BCUT2D eigenvalue weighted by molar-refractivity contribution is 9.10. The second-order valence-corrected chi connectivity index (χ2v) is 7.20. The summed E-state index contributed by atoms with van der Waals surface area (Å²) in [5, 5.41) is 3.58. The number of thiophene rings is 1. The van der Waals surface area contributed by atoms with Crippen molar-refractivity contribution in [1.29, 1.82) is 0 Å². The molecule has 5 heteroatoms. The van der Waals surface area contributed by atoms with E-state index >= 15 is 0 Å². The Balaban J connectivity index is 2.26. The zero-order valence-corrected chi connectivity index (χ0v) is 15.3. The molecule has 0 saturated carbocycles. The molecule has 0 saturated heterocycles. The first-order chi connectivity index (χ1) is 10.2. The van der Waals surface area contributed by atoms with Crippen LogP contribution in [0.5, 0.6) is 5.75 Å². The highest BCUT2D eigenvalue weighted by Crippen LogP contribution is 2.37. The molecular formula is C16H19BrClNOS. The molecular weight excluding hydrogens is 370 g/mol. The largest absolute Gasteiger partial charge is 0.494 e. The molecule has 0 aliphatic carbocycles. The van der Waals surface area contributed by atoms with Crippen LogP contribution in [-0.2, 0) is 0 Å². The van der Waals surface area contributed by atoms with E-state index in [0.717, 1.165) is 27.5 Å². The van der Waals surface area contributed by atoms with Crippen LogP contribution in [-0.4, -0.2) is 13.2 Å². The zero-order valence-electron chi connectivity index (χ0n) is 12.2. The third-order valence-electron chi connectivity index (χ3n) is 3.07. The third kappa shape index (κ3) is 4.46. The maximum Gasteiger partial charge on any atom is 0.119 e. The monoisotopic (exact) mass is 387 g/mol. The predicted molar refractivity (Wildman–Crippen MR) is 94.8 cm³/mol. The maximum atomic E-state index is 6.19. The van der Waals surface area contributed by atoms with E-state index in [4.69, 9.17) is 16.3 Å². The smallest absolute Gasteiger partial charge is 0.119 e. The Morgan fingerprint density at radius 2 is 2.00 bits per heavy atom. The Kier molecular flexibility index (Phi) is 6.55. The number of benzene rings is 1. The molecule has 0 bridgehead atoms. The van der Waals surface area contributed by atoms with E-state index in [1.807, 2.05) is 19.1 Å². The lowest BCUT2D eigenvalue weighted by Crippen LogP contribution is -2.22. The van der Waals surface area contributed by atoms with Crippen molar-refractivity contribution in [1.82, 2.24) is 5.32 Å². The molecule has 2 aromatic rings. The van der Waals surface area contributed by atoms with Crippen molar-refractivity contribution < 1.29 is 4.74 Å². The molecule has 1 atom stereocenters. The zero-order chi connectivity index (χ0) is 15.2. The fourth-order valence-corrected chi connectivity index (χ4v) is 3.94. The first kappa shape index (κ1) is 16.8. The van der Waals surface area contributed by atoms with E-state index in [0.29, 0.717) is 6.61 Å². The molecule has 0 aliphatic rings. The van der Waals surface area contributed by atoms with Crippen molar-refractivity contribution in [3.63, 3.8) is 0 Å². The molecule has 1 aromatic heterocycles. The van der Waals surface area contributed by atoms with E-state index in [1.165, 1.54) is 10.4 Å². The van der Waals surface area contributed by atoms with E-state index in [-0.39, 0.29) is 6.04 Å². The summed E-state index contributed by atoms with van der Waals surface area (Å²) < 4.78 is 7.25. The number of nitrogens with one attached hydrogen (secondary N) is 1. The summed E-state index contributed by atoms with van der Waals surface area (Å²) in [4.78, 5) is 1.21. The molecule has 0 spiro atoms. The molecule has 0 radical (unpaired) electrons. The van der Waals surface area contributed by atoms with Gasteiger partial charge >= 0.3 is 0 Å². The van der Waals surface area contributed by atoms with Gasteiger partial charge in [0.25, 0.3) is 0 Å². The van der Waals surface area contributed by atoms with Gasteiger partial charge < -0.3 is 10.1 Å². The standard InChI is InChI=1S/C16H19BrClNOS/c1-3-9-19-15(14-10-13(17)16(18)21-14)11-5-7-12(8-6-11)20-4-2/h5-8,10,15,19H,3-4,9H2,1-2H3. The Labute approximate surface area is 143 Å². The lowest BCUT2D eigenvalue weighted by molar-refractivity contribution is 0.340. The molecule has 0 fully saturated rings. The van der Waals surface area contributed by atoms with Gasteiger partial charge in [-0.2, -0.15) is 0 Å². The van der Waals surface area contributed by atoms with Crippen LogP contribution in [0.4, 0.5) is 0 Å². The van der Waals surface area contributed by atoms with Crippen molar-refractivity contribution >= 4 is 38.9 Å². The summed E-state index contributed by atoms with van der Waals surface area (Å²) in [6, 6.07) is 10.5. The Morgan fingerprint density at radius 1 is 1.29 bits per heavy atom. The van der Waals surface area contributed by atoms with Gasteiger partial charge in [-0.05, 0) is 59.6 Å². The summed E-state index contributed by atoms with van der Waals surface area (Å²) in [5.41, 5.74) is 1.22. The van der Waals surface area contributed by atoms with Crippen LogP contribution in [0.3, 0.4) is 0 Å². The summed E-state index contributed by atoms with van der Waals surface area (Å²) in [6.07, 6.45) is 1.09. The van der Waals surface area contributed by atoms with E-state index in [1.54, 1.807) is 11.3 Å². The van der Waals surface area contributed by atoms with Crippen molar-refractivity contribution in [2.24, 2.45) is 0 Å². The molecule has 2 nitrogen and oxygen atoms in total. The van der Waals surface area contributed by atoms with Crippen molar-refractivity contribution in [2.45, 2.75) is 26.3 Å². The van der Waals surface area contributed by atoms with Crippen LogP contribution in [0.2, 0.25) is 4.34 Å². The summed E-state index contributed by atoms with van der Waals surface area (Å²) >= 11 is 11.3. The highest BCUT2D eigenvalue weighted by Gasteiger charge is 2.17. The van der Waals surface area contributed by atoms with Gasteiger partial charge in [0.15, 0.2) is 0 Å².